The number of pyridine rings is 2. The normalized spacial score (nSPS) is 13.0. The fourth-order valence-electron chi connectivity index (χ4n) is 2.95. The van der Waals surface area contributed by atoms with Gasteiger partial charge in [-0.05, 0) is 49.6 Å². The van der Waals surface area contributed by atoms with Gasteiger partial charge in [-0.1, -0.05) is 12.1 Å². The van der Waals surface area contributed by atoms with E-state index < -0.39 is 0 Å². The van der Waals surface area contributed by atoms with E-state index in [1.165, 1.54) is 11.3 Å². The monoisotopic (exact) mass is 404 g/mol. The first-order chi connectivity index (χ1) is 14.1. The molecular formula is C21H20N6OS. The lowest BCUT2D eigenvalue weighted by atomic mass is 10.2. The number of carbonyl (C=O) groups is 1. The zero-order chi connectivity index (χ0) is 20.2. The molecule has 4 aromatic rings. The molecule has 2 N–H and O–H groups in total. The van der Waals surface area contributed by atoms with Gasteiger partial charge in [0.2, 0.25) is 5.95 Å². The molecule has 2 atom stereocenters. The number of carbonyl (C=O) groups excluding carboxylic acids is 1. The summed E-state index contributed by atoms with van der Waals surface area (Å²) in [6.45, 7) is 3.88. The molecular weight excluding hydrogens is 384 g/mol. The molecule has 146 valence electrons. The highest BCUT2D eigenvalue weighted by atomic mass is 32.1. The Balaban J connectivity index is 1.60. The molecule has 4 aromatic heterocycles. The topological polar surface area (TPSA) is 92.7 Å². The predicted molar refractivity (Wildman–Crippen MR) is 114 cm³/mol. The summed E-state index contributed by atoms with van der Waals surface area (Å²) in [4.78, 5) is 30.7. The van der Waals surface area contributed by atoms with Crippen molar-refractivity contribution in [1.29, 1.82) is 0 Å². The van der Waals surface area contributed by atoms with Crippen LogP contribution in [0.2, 0.25) is 0 Å². The Morgan fingerprint density at radius 3 is 2.28 bits per heavy atom. The average molecular weight is 404 g/mol. The quantitative estimate of drug-likeness (QED) is 0.502. The Kier molecular flexibility index (Phi) is 5.44. The van der Waals surface area contributed by atoms with Crippen LogP contribution in [0, 0.1) is 0 Å². The number of fused-ring (bicyclic) bond motifs is 1. The van der Waals surface area contributed by atoms with Gasteiger partial charge in [0.25, 0.3) is 5.91 Å². The van der Waals surface area contributed by atoms with Crippen molar-refractivity contribution in [3.05, 3.63) is 77.3 Å². The van der Waals surface area contributed by atoms with Gasteiger partial charge in [0.1, 0.15) is 0 Å². The van der Waals surface area contributed by atoms with Crippen LogP contribution in [0.15, 0.2) is 60.2 Å². The highest BCUT2D eigenvalue weighted by molar-refractivity contribution is 7.17. The molecule has 7 nitrogen and oxygen atoms in total. The van der Waals surface area contributed by atoms with E-state index in [1.807, 2.05) is 61.7 Å². The van der Waals surface area contributed by atoms with Crippen LogP contribution in [0.1, 0.15) is 47.8 Å². The highest BCUT2D eigenvalue weighted by Crippen LogP contribution is 2.25. The Labute approximate surface area is 172 Å². The molecule has 29 heavy (non-hydrogen) atoms. The van der Waals surface area contributed by atoms with Crippen molar-refractivity contribution < 1.29 is 4.79 Å². The van der Waals surface area contributed by atoms with E-state index in [4.69, 9.17) is 0 Å². The van der Waals surface area contributed by atoms with Crippen molar-refractivity contribution >= 4 is 33.4 Å². The van der Waals surface area contributed by atoms with Gasteiger partial charge in [-0.3, -0.25) is 14.8 Å². The van der Waals surface area contributed by atoms with E-state index >= 15 is 0 Å². The fourth-order valence-corrected chi connectivity index (χ4v) is 3.77. The van der Waals surface area contributed by atoms with Crippen LogP contribution in [0.3, 0.4) is 0 Å². The lowest BCUT2D eigenvalue weighted by molar-refractivity contribution is 0.0936. The minimum Gasteiger partial charge on any atom is -0.346 e. The van der Waals surface area contributed by atoms with E-state index in [2.05, 4.69) is 30.6 Å². The van der Waals surface area contributed by atoms with Crippen LogP contribution in [0.5, 0.6) is 0 Å². The Morgan fingerprint density at radius 2 is 1.62 bits per heavy atom. The molecule has 0 unspecified atom stereocenters. The second-order valence-corrected chi connectivity index (χ2v) is 7.52. The van der Waals surface area contributed by atoms with Gasteiger partial charge in [0.15, 0.2) is 5.69 Å². The third-order valence-corrected chi connectivity index (χ3v) is 5.39. The number of hydrogen-bond acceptors (Lipinski definition) is 7. The van der Waals surface area contributed by atoms with E-state index in [0.717, 1.165) is 21.6 Å². The summed E-state index contributed by atoms with van der Waals surface area (Å²) in [5, 5.41) is 8.14. The van der Waals surface area contributed by atoms with E-state index in [9.17, 15) is 4.79 Å². The van der Waals surface area contributed by atoms with Crippen LogP contribution in [0.4, 0.5) is 5.95 Å². The van der Waals surface area contributed by atoms with Crippen LogP contribution in [0.25, 0.3) is 10.2 Å². The molecule has 1 amide bonds. The largest absolute Gasteiger partial charge is 0.346 e. The Bertz CT molecular complexity index is 1120. The summed E-state index contributed by atoms with van der Waals surface area (Å²) < 4.78 is 0.756. The number of nitrogens with one attached hydrogen (secondary N) is 2. The first-order valence-corrected chi connectivity index (χ1v) is 10.1. The molecule has 0 saturated heterocycles. The van der Waals surface area contributed by atoms with Crippen molar-refractivity contribution in [3.63, 3.8) is 0 Å². The molecule has 0 aliphatic carbocycles. The maximum absolute atomic E-state index is 13.0. The van der Waals surface area contributed by atoms with Crippen LogP contribution in [-0.2, 0) is 0 Å². The first kappa shape index (κ1) is 18.9. The number of amides is 1. The summed E-state index contributed by atoms with van der Waals surface area (Å²) in [5.74, 6) is 0.135. The number of rotatable bonds is 6. The SMILES string of the molecule is C[C@H](NC(=O)c1nc(N[C@@H](C)c2ccccn2)nc2ccsc12)c1ccccn1. The van der Waals surface area contributed by atoms with Gasteiger partial charge in [-0.25, -0.2) is 9.97 Å². The van der Waals surface area contributed by atoms with Gasteiger partial charge >= 0.3 is 0 Å². The molecule has 0 aliphatic rings. The summed E-state index contributed by atoms with van der Waals surface area (Å²) in [6.07, 6.45) is 3.45. The van der Waals surface area contributed by atoms with Gasteiger partial charge in [0.05, 0.1) is 33.7 Å². The van der Waals surface area contributed by atoms with Crippen molar-refractivity contribution in [2.75, 3.05) is 5.32 Å². The zero-order valence-electron chi connectivity index (χ0n) is 16.0. The Morgan fingerprint density at radius 1 is 0.931 bits per heavy atom. The summed E-state index contributed by atoms with van der Waals surface area (Å²) in [5.41, 5.74) is 2.75. The third-order valence-electron chi connectivity index (χ3n) is 4.47. The Hall–Kier alpha value is -3.39. The zero-order valence-corrected chi connectivity index (χ0v) is 16.9. The summed E-state index contributed by atoms with van der Waals surface area (Å²) in [7, 11) is 0. The van der Waals surface area contributed by atoms with Crippen LogP contribution in [-0.4, -0.2) is 25.8 Å². The molecule has 0 spiro atoms. The van der Waals surface area contributed by atoms with Crippen molar-refractivity contribution in [3.8, 4) is 0 Å². The maximum Gasteiger partial charge on any atom is 0.272 e. The van der Waals surface area contributed by atoms with E-state index in [-0.39, 0.29) is 18.0 Å². The van der Waals surface area contributed by atoms with E-state index in [0.29, 0.717) is 11.6 Å². The lowest BCUT2D eigenvalue weighted by Gasteiger charge is -2.16. The molecule has 0 fully saturated rings. The van der Waals surface area contributed by atoms with Gasteiger partial charge in [0, 0.05) is 12.4 Å². The maximum atomic E-state index is 13.0. The minimum atomic E-state index is -0.258. The molecule has 8 heteroatoms. The van der Waals surface area contributed by atoms with Gasteiger partial charge in [-0.15, -0.1) is 11.3 Å². The molecule has 0 aromatic carbocycles. The van der Waals surface area contributed by atoms with Crippen molar-refractivity contribution in [2.24, 2.45) is 0 Å². The van der Waals surface area contributed by atoms with Gasteiger partial charge < -0.3 is 10.6 Å². The molecule has 4 heterocycles. The molecule has 0 bridgehead atoms. The highest BCUT2D eigenvalue weighted by Gasteiger charge is 2.20. The third kappa shape index (κ3) is 4.22. The molecule has 0 saturated carbocycles. The van der Waals surface area contributed by atoms with Crippen molar-refractivity contribution in [2.45, 2.75) is 25.9 Å². The standard InChI is InChI=1S/C21H20N6OS/c1-13(15-7-3-5-10-22-15)24-20(28)18-19-17(9-12-29-19)26-21(27-18)25-14(2)16-8-4-6-11-23-16/h3-14H,1-2H3,(H,24,28)(H,25,26,27)/t13-,14-/m0/s1. The number of nitrogens with zero attached hydrogens (tertiary/aromatic N) is 4. The number of aromatic nitrogens is 4. The molecule has 4 rings (SSSR count). The molecule has 0 radical (unpaired) electrons. The predicted octanol–water partition coefficient (Wildman–Crippen LogP) is 4.15. The number of hydrogen-bond donors (Lipinski definition) is 2. The summed E-state index contributed by atoms with van der Waals surface area (Å²) >= 11 is 1.45. The van der Waals surface area contributed by atoms with Crippen LogP contribution < -0.4 is 10.6 Å². The molecule has 0 aliphatic heterocycles. The lowest BCUT2D eigenvalue weighted by Crippen LogP contribution is -2.28. The minimum absolute atomic E-state index is 0.101. The number of anilines is 1. The first-order valence-electron chi connectivity index (χ1n) is 9.26. The second-order valence-electron chi connectivity index (χ2n) is 6.60. The van der Waals surface area contributed by atoms with Gasteiger partial charge in [-0.2, -0.15) is 0 Å². The van der Waals surface area contributed by atoms with Crippen molar-refractivity contribution in [1.82, 2.24) is 25.3 Å². The van der Waals surface area contributed by atoms with E-state index in [1.54, 1.807) is 12.4 Å². The number of thiophene rings is 1. The smallest absolute Gasteiger partial charge is 0.272 e. The average Bonchev–Trinajstić information content (AvgIpc) is 3.23. The fraction of sp³-hybridized carbons (Fsp3) is 0.190. The summed E-state index contributed by atoms with van der Waals surface area (Å²) in [6, 6.07) is 12.9. The second kappa shape index (κ2) is 8.32. The van der Waals surface area contributed by atoms with Crippen LogP contribution >= 0.6 is 11.3 Å².